The van der Waals surface area contributed by atoms with E-state index in [4.69, 9.17) is 4.74 Å². The minimum Gasteiger partial charge on any atom is -0.466 e. The van der Waals surface area contributed by atoms with Crippen LogP contribution in [0, 0.1) is 6.92 Å². The predicted molar refractivity (Wildman–Crippen MR) is 64.3 cm³/mol. The fourth-order valence-electron chi connectivity index (χ4n) is 1.41. The maximum atomic E-state index is 11.3. The third kappa shape index (κ3) is 2.91. The van der Waals surface area contributed by atoms with E-state index in [1.165, 1.54) is 0 Å². The normalized spacial score (nSPS) is 10.5. The van der Waals surface area contributed by atoms with Crippen LogP contribution >= 0.6 is 11.3 Å². The van der Waals surface area contributed by atoms with E-state index in [-0.39, 0.29) is 12.4 Å². The Hall–Kier alpha value is -1.69. The van der Waals surface area contributed by atoms with Crippen LogP contribution in [0.3, 0.4) is 0 Å². The molecule has 0 radical (unpaired) electrons. The number of carbonyl (C=O) groups excluding carboxylic acids is 1. The zero-order chi connectivity index (χ0) is 12.3. The second-order valence-corrected chi connectivity index (χ2v) is 4.56. The summed E-state index contributed by atoms with van der Waals surface area (Å²) in [6.45, 7) is 4.13. The molecule has 0 aliphatic carbocycles. The van der Waals surface area contributed by atoms with Crippen LogP contribution in [0.2, 0.25) is 0 Å². The van der Waals surface area contributed by atoms with Crippen LogP contribution in [0.15, 0.2) is 17.8 Å². The molecule has 0 N–H and O–H groups in total. The average molecular weight is 251 g/mol. The topological polar surface area (TPSA) is 57.0 Å². The van der Waals surface area contributed by atoms with Crippen LogP contribution in [0.5, 0.6) is 0 Å². The highest BCUT2D eigenvalue weighted by Crippen LogP contribution is 2.13. The third-order valence-corrected chi connectivity index (χ3v) is 2.89. The maximum absolute atomic E-state index is 11.3. The molecular formula is C11H13N3O2S. The van der Waals surface area contributed by atoms with Crippen molar-refractivity contribution in [3.05, 3.63) is 28.3 Å². The molecule has 2 heterocycles. The van der Waals surface area contributed by atoms with Crippen molar-refractivity contribution in [1.82, 2.24) is 14.8 Å². The van der Waals surface area contributed by atoms with Crippen LogP contribution in [-0.2, 0) is 16.0 Å². The highest BCUT2D eigenvalue weighted by Gasteiger charge is 2.08. The Morgan fingerprint density at radius 2 is 2.41 bits per heavy atom. The molecule has 0 spiro atoms. The highest BCUT2D eigenvalue weighted by molar-refractivity contribution is 7.09. The first-order valence-corrected chi connectivity index (χ1v) is 6.18. The van der Waals surface area contributed by atoms with E-state index in [0.29, 0.717) is 6.61 Å². The van der Waals surface area contributed by atoms with Gasteiger partial charge in [-0.2, -0.15) is 5.10 Å². The number of ether oxygens (including phenoxy) is 1. The van der Waals surface area contributed by atoms with Crippen LogP contribution in [-0.4, -0.2) is 27.3 Å². The van der Waals surface area contributed by atoms with Crippen molar-refractivity contribution in [1.29, 1.82) is 0 Å². The van der Waals surface area contributed by atoms with Gasteiger partial charge in [0.05, 0.1) is 24.2 Å². The Bertz CT molecular complexity index is 518. The number of hydrogen-bond donors (Lipinski definition) is 0. The molecule has 5 nitrogen and oxygen atoms in total. The number of thiazole rings is 1. The summed E-state index contributed by atoms with van der Waals surface area (Å²) in [7, 11) is 0. The van der Waals surface area contributed by atoms with Gasteiger partial charge in [-0.15, -0.1) is 11.3 Å². The summed E-state index contributed by atoms with van der Waals surface area (Å²) in [5.74, 6) is 0.545. The summed E-state index contributed by atoms with van der Waals surface area (Å²) in [5.41, 5.74) is 0.828. The van der Waals surface area contributed by atoms with Gasteiger partial charge < -0.3 is 4.74 Å². The highest BCUT2D eigenvalue weighted by atomic mass is 32.1. The molecule has 17 heavy (non-hydrogen) atoms. The largest absolute Gasteiger partial charge is 0.466 e. The van der Waals surface area contributed by atoms with Gasteiger partial charge >= 0.3 is 5.97 Å². The van der Waals surface area contributed by atoms with Gasteiger partial charge in [-0.1, -0.05) is 0 Å². The summed E-state index contributed by atoms with van der Waals surface area (Å²) >= 11 is 1.57. The first-order chi connectivity index (χ1) is 8.19. The van der Waals surface area contributed by atoms with Gasteiger partial charge in [0.1, 0.15) is 0 Å². The molecule has 0 aromatic carbocycles. The zero-order valence-electron chi connectivity index (χ0n) is 9.71. The Balaban J connectivity index is 2.08. The molecule has 2 aromatic rings. The number of hydrogen-bond acceptors (Lipinski definition) is 5. The third-order valence-electron chi connectivity index (χ3n) is 2.13. The van der Waals surface area contributed by atoms with E-state index in [2.05, 4.69) is 10.1 Å². The summed E-state index contributed by atoms with van der Waals surface area (Å²) in [6, 6.07) is 0. The van der Waals surface area contributed by atoms with Crippen molar-refractivity contribution in [3.8, 4) is 5.82 Å². The van der Waals surface area contributed by atoms with Crippen molar-refractivity contribution in [2.45, 2.75) is 20.3 Å². The minimum absolute atomic E-state index is 0.235. The molecule has 0 aliphatic heterocycles. The second-order valence-electron chi connectivity index (χ2n) is 3.50. The van der Waals surface area contributed by atoms with Crippen molar-refractivity contribution in [2.24, 2.45) is 0 Å². The fourth-order valence-corrected chi connectivity index (χ4v) is 2.00. The quantitative estimate of drug-likeness (QED) is 0.777. The van der Waals surface area contributed by atoms with Crippen LogP contribution in [0.4, 0.5) is 0 Å². The summed E-state index contributed by atoms with van der Waals surface area (Å²) in [4.78, 5) is 15.6. The number of aryl methyl sites for hydroxylation is 1. The van der Waals surface area contributed by atoms with Gasteiger partial charge in [-0.05, 0) is 13.8 Å². The molecule has 6 heteroatoms. The summed E-state index contributed by atoms with van der Waals surface area (Å²) in [5, 5.41) is 7.08. The lowest BCUT2D eigenvalue weighted by Crippen LogP contribution is -2.06. The number of aromatic nitrogens is 3. The van der Waals surface area contributed by atoms with Gasteiger partial charge in [-0.25, -0.2) is 9.67 Å². The van der Waals surface area contributed by atoms with Gasteiger partial charge in [0.15, 0.2) is 5.82 Å². The molecule has 0 saturated carbocycles. The first-order valence-electron chi connectivity index (χ1n) is 5.30. The molecule has 2 rings (SSSR count). The van der Waals surface area contributed by atoms with E-state index < -0.39 is 0 Å². The lowest BCUT2D eigenvalue weighted by molar-refractivity contribution is -0.142. The van der Waals surface area contributed by atoms with Crippen molar-refractivity contribution in [2.75, 3.05) is 6.61 Å². The Kier molecular flexibility index (Phi) is 3.53. The molecule has 2 aromatic heterocycles. The Labute approximate surface area is 103 Å². The minimum atomic E-state index is -0.235. The van der Waals surface area contributed by atoms with Gasteiger partial charge in [0.25, 0.3) is 0 Å². The van der Waals surface area contributed by atoms with E-state index >= 15 is 0 Å². The Morgan fingerprint density at radius 1 is 1.59 bits per heavy atom. The molecule has 0 amide bonds. The molecule has 0 bridgehead atoms. The lowest BCUT2D eigenvalue weighted by Gasteiger charge is -1.98. The monoisotopic (exact) mass is 251 g/mol. The van der Waals surface area contributed by atoms with Gasteiger partial charge in [0, 0.05) is 17.1 Å². The molecule has 0 atom stereocenters. The number of rotatable bonds is 4. The molecule has 0 aliphatic rings. The van der Waals surface area contributed by atoms with Crippen molar-refractivity contribution in [3.63, 3.8) is 0 Å². The van der Waals surface area contributed by atoms with E-state index in [9.17, 15) is 4.79 Å². The molecule has 0 unspecified atom stereocenters. The SMILES string of the molecule is CCOC(=O)Cc1cnn(-c2csc(C)n2)c1. The van der Waals surface area contributed by atoms with Crippen LogP contribution in [0.1, 0.15) is 17.5 Å². The molecule has 90 valence electrons. The molecular weight excluding hydrogens is 238 g/mol. The van der Waals surface area contributed by atoms with Crippen molar-refractivity contribution < 1.29 is 9.53 Å². The van der Waals surface area contributed by atoms with Crippen LogP contribution < -0.4 is 0 Å². The van der Waals surface area contributed by atoms with Gasteiger partial charge in [0.2, 0.25) is 0 Å². The van der Waals surface area contributed by atoms with E-state index in [0.717, 1.165) is 16.4 Å². The van der Waals surface area contributed by atoms with Crippen molar-refractivity contribution >= 4 is 17.3 Å². The summed E-state index contributed by atoms with van der Waals surface area (Å²) in [6.07, 6.45) is 3.70. The Morgan fingerprint density at radius 3 is 3.06 bits per heavy atom. The number of nitrogens with zero attached hydrogens (tertiary/aromatic N) is 3. The standard InChI is InChI=1S/C11H13N3O2S/c1-3-16-11(15)4-9-5-12-14(6-9)10-7-17-8(2)13-10/h5-7H,3-4H2,1-2H3. The van der Waals surface area contributed by atoms with Crippen LogP contribution in [0.25, 0.3) is 5.82 Å². The average Bonchev–Trinajstić information content (AvgIpc) is 2.87. The summed E-state index contributed by atoms with van der Waals surface area (Å²) < 4.78 is 6.54. The number of esters is 1. The molecule has 0 fully saturated rings. The number of carbonyl (C=O) groups is 1. The molecule has 0 saturated heterocycles. The maximum Gasteiger partial charge on any atom is 0.310 e. The predicted octanol–water partition coefficient (Wildman–Crippen LogP) is 1.74. The van der Waals surface area contributed by atoms with Gasteiger partial charge in [-0.3, -0.25) is 4.79 Å². The lowest BCUT2D eigenvalue weighted by atomic mass is 10.3. The zero-order valence-corrected chi connectivity index (χ0v) is 10.5. The second kappa shape index (κ2) is 5.09. The van der Waals surface area contributed by atoms with E-state index in [1.807, 2.05) is 12.3 Å². The first kappa shape index (κ1) is 11.8. The smallest absolute Gasteiger partial charge is 0.310 e. The fraction of sp³-hybridized carbons (Fsp3) is 0.364. The van der Waals surface area contributed by atoms with E-state index in [1.54, 1.807) is 35.3 Å².